The van der Waals surface area contributed by atoms with E-state index in [1.54, 1.807) is 13.1 Å². The molecule has 0 saturated carbocycles. The quantitative estimate of drug-likeness (QED) is 0.574. The number of rotatable bonds is 5. The summed E-state index contributed by atoms with van der Waals surface area (Å²) >= 11 is 0. The molecule has 1 N–H and O–H groups in total. The van der Waals surface area contributed by atoms with Crippen molar-refractivity contribution < 1.29 is 17.4 Å². The molecule has 0 spiro atoms. The standard InChI is InChI=1S/C20H31F3N4OS/c1-19(2,3)29(28)13-8-25-18(24-4)27-11-9-26(10-12-27)15-16-6-5-7-17(14-16)20(21,22)23/h5-7,14H,8-13,15H2,1-4H3,(H,24,25). The van der Waals surface area contributed by atoms with Crippen molar-refractivity contribution in [3.63, 3.8) is 0 Å². The summed E-state index contributed by atoms with van der Waals surface area (Å²) in [6.45, 7) is 9.91. The molecule has 1 atom stereocenters. The fraction of sp³-hybridized carbons (Fsp3) is 0.650. The van der Waals surface area contributed by atoms with E-state index in [1.165, 1.54) is 12.1 Å². The number of alkyl halides is 3. The molecule has 0 radical (unpaired) electrons. The first kappa shape index (κ1) is 23.7. The van der Waals surface area contributed by atoms with E-state index in [-0.39, 0.29) is 4.75 Å². The Balaban J connectivity index is 1.82. The largest absolute Gasteiger partial charge is 0.416 e. The van der Waals surface area contributed by atoms with E-state index < -0.39 is 22.5 Å². The van der Waals surface area contributed by atoms with Crippen LogP contribution in [0.3, 0.4) is 0 Å². The van der Waals surface area contributed by atoms with Gasteiger partial charge in [0, 0.05) is 67.6 Å². The van der Waals surface area contributed by atoms with Crippen LogP contribution in [0.4, 0.5) is 13.2 Å². The number of nitrogens with one attached hydrogen (secondary N) is 1. The van der Waals surface area contributed by atoms with Crippen molar-refractivity contribution >= 4 is 16.8 Å². The van der Waals surface area contributed by atoms with Gasteiger partial charge in [-0.1, -0.05) is 18.2 Å². The maximum atomic E-state index is 12.9. The van der Waals surface area contributed by atoms with Crippen LogP contribution in [0.1, 0.15) is 31.9 Å². The fourth-order valence-corrected chi connectivity index (χ4v) is 4.02. The average molecular weight is 433 g/mol. The van der Waals surface area contributed by atoms with E-state index in [0.717, 1.165) is 38.2 Å². The molecule has 5 nitrogen and oxygen atoms in total. The van der Waals surface area contributed by atoms with Crippen LogP contribution in [0.5, 0.6) is 0 Å². The number of piperazine rings is 1. The van der Waals surface area contributed by atoms with Crippen molar-refractivity contribution in [2.45, 2.75) is 38.2 Å². The van der Waals surface area contributed by atoms with Crippen LogP contribution in [-0.2, 0) is 23.5 Å². The average Bonchev–Trinajstić information content (AvgIpc) is 2.65. The van der Waals surface area contributed by atoms with Gasteiger partial charge >= 0.3 is 6.18 Å². The molecule has 0 amide bonds. The zero-order chi connectivity index (χ0) is 21.7. The molecule has 0 aromatic heterocycles. The minimum absolute atomic E-state index is 0.236. The number of benzene rings is 1. The number of halogens is 3. The Hall–Kier alpha value is -1.61. The Kier molecular flexibility index (Phi) is 8.10. The lowest BCUT2D eigenvalue weighted by Crippen LogP contribution is -2.52. The van der Waals surface area contributed by atoms with Crippen molar-refractivity contribution in [1.82, 2.24) is 15.1 Å². The summed E-state index contributed by atoms with van der Waals surface area (Å²) in [5, 5.41) is 3.27. The highest BCUT2D eigenvalue weighted by molar-refractivity contribution is 7.86. The van der Waals surface area contributed by atoms with E-state index in [4.69, 9.17) is 0 Å². The Morgan fingerprint density at radius 2 is 1.83 bits per heavy atom. The molecule has 0 bridgehead atoms. The number of hydrogen-bond donors (Lipinski definition) is 1. The molecule has 1 saturated heterocycles. The van der Waals surface area contributed by atoms with Gasteiger partial charge in [0.1, 0.15) is 0 Å². The maximum Gasteiger partial charge on any atom is 0.416 e. The fourth-order valence-electron chi connectivity index (χ4n) is 3.12. The molecule has 29 heavy (non-hydrogen) atoms. The van der Waals surface area contributed by atoms with Crippen molar-refractivity contribution in [2.24, 2.45) is 4.99 Å². The van der Waals surface area contributed by atoms with Gasteiger partial charge < -0.3 is 10.2 Å². The summed E-state index contributed by atoms with van der Waals surface area (Å²) in [5.41, 5.74) is 0.0614. The van der Waals surface area contributed by atoms with Gasteiger partial charge in [-0.15, -0.1) is 0 Å². The molecule has 2 rings (SSSR count). The highest BCUT2D eigenvalue weighted by Gasteiger charge is 2.30. The van der Waals surface area contributed by atoms with E-state index >= 15 is 0 Å². The van der Waals surface area contributed by atoms with Crippen LogP contribution < -0.4 is 5.32 Å². The first-order valence-electron chi connectivity index (χ1n) is 9.73. The third-order valence-corrected chi connectivity index (χ3v) is 6.74. The van der Waals surface area contributed by atoms with E-state index in [2.05, 4.69) is 20.1 Å². The second kappa shape index (κ2) is 9.93. The molecule has 1 aromatic carbocycles. The zero-order valence-electron chi connectivity index (χ0n) is 17.6. The third-order valence-electron chi connectivity index (χ3n) is 4.80. The van der Waals surface area contributed by atoms with Gasteiger partial charge in [-0.05, 0) is 32.4 Å². The normalized spacial score (nSPS) is 18.0. The van der Waals surface area contributed by atoms with Gasteiger partial charge in [-0.3, -0.25) is 14.1 Å². The summed E-state index contributed by atoms with van der Waals surface area (Å²) < 4.78 is 50.6. The van der Waals surface area contributed by atoms with Crippen molar-refractivity contribution in [1.29, 1.82) is 0 Å². The van der Waals surface area contributed by atoms with Crippen LogP contribution >= 0.6 is 0 Å². The Labute approximate surface area is 173 Å². The van der Waals surface area contributed by atoms with E-state index in [1.807, 2.05) is 20.8 Å². The third kappa shape index (κ3) is 7.29. The summed E-state index contributed by atoms with van der Waals surface area (Å²) in [5.74, 6) is 1.33. The SMILES string of the molecule is CN=C(NCCS(=O)C(C)(C)C)N1CCN(Cc2cccc(C(F)(F)F)c2)CC1. The second-order valence-corrected chi connectivity index (χ2v) is 10.4. The lowest BCUT2D eigenvalue weighted by Gasteiger charge is -2.36. The second-order valence-electron chi connectivity index (χ2n) is 8.10. The molecule has 1 aromatic rings. The summed E-state index contributed by atoms with van der Waals surface area (Å²) in [7, 11) is 0.798. The van der Waals surface area contributed by atoms with Gasteiger partial charge in [-0.2, -0.15) is 13.2 Å². The van der Waals surface area contributed by atoms with Crippen LogP contribution in [0.25, 0.3) is 0 Å². The first-order chi connectivity index (χ1) is 13.5. The van der Waals surface area contributed by atoms with Crippen LogP contribution in [-0.4, -0.2) is 70.2 Å². The smallest absolute Gasteiger partial charge is 0.355 e. The van der Waals surface area contributed by atoms with Crippen LogP contribution in [0, 0.1) is 0 Å². The summed E-state index contributed by atoms with van der Waals surface area (Å²) in [6, 6.07) is 5.52. The Bertz CT molecular complexity index is 723. The van der Waals surface area contributed by atoms with Crippen molar-refractivity contribution in [2.75, 3.05) is 45.5 Å². The number of aliphatic imine (C=N–C) groups is 1. The number of hydrogen-bond acceptors (Lipinski definition) is 3. The minimum atomic E-state index is -4.32. The lowest BCUT2D eigenvalue weighted by atomic mass is 10.1. The lowest BCUT2D eigenvalue weighted by molar-refractivity contribution is -0.137. The highest BCUT2D eigenvalue weighted by atomic mass is 32.2. The molecular formula is C20H31F3N4OS. The molecule has 164 valence electrons. The van der Waals surface area contributed by atoms with Crippen LogP contribution in [0.15, 0.2) is 29.3 Å². The van der Waals surface area contributed by atoms with Gasteiger partial charge in [-0.25, -0.2) is 0 Å². The van der Waals surface area contributed by atoms with Gasteiger partial charge in [0.2, 0.25) is 0 Å². The topological polar surface area (TPSA) is 47.9 Å². The minimum Gasteiger partial charge on any atom is -0.355 e. The molecule has 1 unspecified atom stereocenters. The Morgan fingerprint density at radius 3 is 2.38 bits per heavy atom. The molecular weight excluding hydrogens is 401 g/mol. The van der Waals surface area contributed by atoms with Crippen molar-refractivity contribution in [3.05, 3.63) is 35.4 Å². The molecule has 1 heterocycles. The molecule has 9 heteroatoms. The monoisotopic (exact) mass is 432 g/mol. The maximum absolute atomic E-state index is 12.9. The molecule has 0 aliphatic carbocycles. The number of guanidine groups is 1. The molecule has 1 aliphatic heterocycles. The predicted octanol–water partition coefficient (Wildman–Crippen LogP) is 2.95. The van der Waals surface area contributed by atoms with E-state index in [9.17, 15) is 17.4 Å². The molecule has 1 fully saturated rings. The van der Waals surface area contributed by atoms with Crippen molar-refractivity contribution in [3.8, 4) is 0 Å². The molecule has 1 aliphatic rings. The summed E-state index contributed by atoms with van der Waals surface area (Å²) in [6.07, 6.45) is -4.32. The Morgan fingerprint density at radius 1 is 1.17 bits per heavy atom. The van der Waals surface area contributed by atoms with Crippen LogP contribution in [0.2, 0.25) is 0 Å². The number of nitrogens with zero attached hydrogens (tertiary/aromatic N) is 3. The highest BCUT2D eigenvalue weighted by Crippen LogP contribution is 2.29. The zero-order valence-corrected chi connectivity index (χ0v) is 18.4. The van der Waals surface area contributed by atoms with Gasteiger partial charge in [0.15, 0.2) is 5.96 Å². The van der Waals surface area contributed by atoms with Gasteiger partial charge in [0.25, 0.3) is 0 Å². The first-order valence-corrected chi connectivity index (χ1v) is 11.0. The summed E-state index contributed by atoms with van der Waals surface area (Å²) in [4.78, 5) is 8.58. The van der Waals surface area contributed by atoms with Gasteiger partial charge in [0.05, 0.1) is 5.56 Å². The predicted molar refractivity (Wildman–Crippen MR) is 112 cm³/mol. The van der Waals surface area contributed by atoms with E-state index in [0.29, 0.717) is 24.4 Å².